The van der Waals surface area contributed by atoms with Gasteiger partial charge < -0.3 is 29.3 Å². The summed E-state index contributed by atoms with van der Waals surface area (Å²) in [5.74, 6) is -0.0364. The fourth-order valence-electron chi connectivity index (χ4n) is 7.18. The number of hydrogen-bond acceptors (Lipinski definition) is 8. The molecule has 2 aromatic carbocycles. The van der Waals surface area contributed by atoms with Gasteiger partial charge in [-0.15, -0.1) is 0 Å². The lowest BCUT2D eigenvalue weighted by molar-refractivity contribution is 0.0626. The summed E-state index contributed by atoms with van der Waals surface area (Å²) in [7, 11) is 4.20. The highest BCUT2D eigenvalue weighted by Crippen LogP contribution is 2.42. The molecule has 9 nitrogen and oxygen atoms in total. The second kappa shape index (κ2) is 12.2. The Bertz CT molecular complexity index is 1500. The van der Waals surface area contributed by atoms with Crippen molar-refractivity contribution in [1.82, 2.24) is 14.9 Å². The number of phenolic OH excluding ortho intramolecular Hbond substituents is 1. The van der Waals surface area contributed by atoms with E-state index in [1.54, 1.807) is 23.1 Å². The molecule has 3 aliphatic rings. The minimum absolute atomic E-state index is 0.0126. The predicted octanol–water partition coefficient (Wildman–Crippen LogP) is 5.31. The first-order valence-electron chi connectivity index (χ1n) is 15.6. The summed E-state index contributed by atoms with van der Waals surface area (Å²) in [4.78, 5) is 29.8. The summed E-state index contributed by atoms with van der Waals surface area (Å²) in [6, 6.07) is 6.48. The van der Waals surface area contributed by atoms with Gasteiger partial charge in [0.05, 0.1) is 31.1 Å². The highest BCUT2D eigenvalue weighted by atomic mass is 19.1. The highest BCUT2D eigenvalue weighted by molar-refractivity contribution is 6.16. The summed E-state index contributed by atoms with van der Waals surface area (Å²) < 4.78 is 27.1. The molecular formula is C33H42FN5O4. The normalized spacial score (nSPS) is 18.8. The predicted molar refractivity (Wildman–Crippen MR) is 165 cm³/mol. The highest BCUT2D eigenvalue weighted by Gasteiger charge is 2.38. The monoisotopic (exact) mass is 591 g/mol. The van der Waals surface area contributed by atoms with Gasteiger partial charge >= 0.3 is 6.01 Å². The van der Waals surface area contributed by atoms with Crippen LogP contribution in [0.3, 0.4) is 0 Å². The Morgan fingerprint density at radius 2 is 1.91 bits per heavy atom. The van der Waals surface area contributed by atoms with E-state index in [0.29, 0.717) is 78.4 Å². The molecule has 230 valence electrons. The van der Waals surface area contributed by atoms with Gasteiger partial charge in [0.2, 0.25) is 0 Å². The smallest absolute Gasteiger partial charge is 0.318 e. The number of amides is 1. The topological polar surface area (TPSA) is 91.3 Å². The van der Waals surface area contributed by atoms with Crippen LogP contribution in [0, 0.1) is 11.2 Å². The molecule has 1 aromatic heterocycles. The van der Waals surface area contributed by atoms with Crippen LogP contribution in [0.4, 0.5) is 15.9 Å². The van der Waals surface area contributed by atoms with E-state index in [9.17, 15) is 14.3 Å². The number of aryl methyl sites for hydroxylation is 1. The molecular weight excluding hydrogens is 549 g/mol. The van der Waals surface area contributed by atoms with E-state index in [4.69, 9.17) is 19.4 Å². The summed E-state index contributed by atoms with van der Waals surface area (Å²) in [6.07, 6.45) is 7.07. The number of aromatic nitrogens is 2. The second-order valence-corrected chi connectivity index (χ2v) is 12.5. The number of phenols is 1. The molecule has 1 saturated carbocycles. The van der Waals surface area contributed by atoms with Crippen LogP contribution in [-0.4, -0.2) is 79.4 Å². The maximum atomic E-state index is 15.0. The molecule has 3 aromatic rings. The van der Waals surface area contributed by atoms with Crippen LogP contribution in [0.5, 0.6) is 11.8 Å². The molecule has 0 atom stereocenters. The van der Waals surface area contributed by atoms with Crippen LogP contribution in [0.1, 0.15) is 67.1 Å². The quantitative estimate of drug-likeness (QED) is 0.377. The summed E-state index contributed by atoms with van der Waals surface area (Å²) >= 11 is 0. The van der Waals surface area contributed by atoms with Crippen LogP contribution in [0.2, 0.25) is 0 Å². The van der Waals surface area contributed by atoms with Gasteiger partial charge in [-0.2, -0.15) is 9.97 Å². The van der Waals surface area contributed by atoms with Gasteiger partial charge in [-0.05, 0) is 62.9 Å². The summed E-state index contributed by atoms with van der Waals surface area (Å²) in [6.45, 7) is 5.99. The Kier molecular flexibility index (Phi) is 8.42. The number of aromatic hydroxyl groups is 1. The van der Waals surface area contributed by atoms with E-state index in [2.05, 4.69) is 23.9 Å². The number of halogens is 1. The molecule has 2 fully saturated rings. The fraction of sp³-hybridized carbons (Fsp3) is 0.545. The number of anilines is 2. The molecule has 1 N–H and O–H groups in total. The first kappa shape index (κ1) is 29.6. The van der Waals surface area contributed by atoms with Crippen molar-refractivity contribution in [3.8, 4) is 11.8 Å². The molecule has 2 aliphatic heterocycles. The average Bonchev–Trinajstić information content (AvgIpc) is 3.13. The zero-order chi connectivity index (χ0) is 30.1. The molecule has 0 unspecified atom stereocenters. The number of hydrogen-bond donors (Lipinski definition) is 1. The largest absolute Gasteiger partial charge is 0.508 e. The van der Waals surface area contributed by atoms with Crippen molar-refractivity contribution in [3.63, 3.8) is 0 Å². The van der Waals surface area contributed by atoms with Gasteiger partial charge in [0.1, 0.15) is 22.9 Å². The first-order valence-corrected chi connectivity index (χ1v) is 15.6. The zero-order valence-electron chi connectivity index (χ0n) is 25.5. The number of benzene rings is 2. The molecule has 10 heteroatoms. The van der Waals surface area contributed by atoms with Gasteiger partial charge in [-0.1, -0.05) is 32.3 Å². The Morgan fingerprint density at radius 1 is 1.09 bits per heavy atom. The van der Waals surface area contributed by atoms with E-state index in [0.717, 1.165) is 25.8 Å². The molecule has 1 aliphatic carbocycles. The minimum Gasteiger partial charge on any atom is -0.508 e. The number of fused-ring (bicyclic) bond motifs is 2. The van der Waals surface area contributed by atoms with Gasteiger partial charge in [-0.25, -0.2) is 4.39 Å². The number of rotatable bonds is 8. The average molecular weight is 592 g/mol. The van der Waals surface area contributed by atoms with Crippen molar-refractivity contribution in [2.75, 3.05) is 63.4 Å². The first-order chi connectivity index (χ1) is 20.8. The van der Waals surface area contributed by atoms with Gasteiger partial charge in [-0.3, -0.25) is 4.79 Å². The minimum atomic E-state index is -0.332. The zero-order valence-corrected chi connectivity index (χ0v) is 25.5. The van der Waals surface area contributed by atoms with Crippen molar-refractivity contribution < 1.29 is 23.8 Å². The van der Waals surface area contributed by atoms with Crippen LogP contribution in [0.15, 0.2) is 24.3 Å². The molecule has 0 radical (unpaired) electrons. The third-order valence-corrected chi connectivity index (χ3v) is 9.08. The van der Waals surface area contributed by atoms with E-state index in [1.165, 1.54) is 25.3 Å². The van der Waals surface area contributed by atoms with Crippen LogP contribution >= 0.6 is 0 Å². The van der Waals surface area contributed by atoms with E-state index in [-0.39, 0.29) is 35.4 Å². The number of carbonyl (C=O) groups is 1. The summed E-state index contributed by atoms with van der Waals surface area (Å²) in [5.41, 5.74) is 2.01. The number of nitrogens with zero attached hydrogens (tertiary/aromatic N) is 5. The molecule has 0 spiro atoms. The molecule has 6 rings (SSSR count). The third-order valence-electron chi connectivity index (χ3n) is 9.08. The van der Waals surface area contributed by atoms with Gasteiger partial charge in [0.15, 0.2) is 0 Å². The van der Waals surface area contributed by atoms with Crippen LogP contribution in [-0.2, 0) is 17.7 Å². The Morgan fingerprint density at radius 3 is 2.67 bits per heavy atom. The lowest BCUT2D eigenvalue weighted by Gasteiger charge is -2.38. The van der Waals surface area contributed by atoms with Crippen molar-refractivity contribution >= 4 is 28.2 Å². The maximum Gasteiger partial charge on any atom is 0.318 e. The van der Waals surface area contributed by atoms with Crippen LogP contribution < -0.4 is 14.5 Å². The van der Waals surface area contributed by atoms with Crippen molar-refractivity contribution in [3.05, 3.63) is 46.9 Å². The molecule has 1 saturated heterocycles. The number of carbonyl (C=O) groups excluding carboxylic acids is 1. The van der Waals surface area contributed by atoms with Gasteiger partial charge in [0.25, 0.3) is 5.91 Å². The fourth-order valence-corrected chi connectivity index (χ4v) is 7.18. The van der Waals surface area contributed by atoms with Crippen molar-refractivity contribution in [2.45, 2.75) is 58.4 Å². The second-order valence-electron chi connectivity index (χ2n) is 12.5. The lowest BCUT2D eigenvalue weighted by atomic mass is 9.74. The van der Waals surface area contributed by atoms with Crippen molar-refractivity contribution in [2.24, 2.45) is 5.41 Å². The Hall–Kier alpha value is -3.50. The standard InChI is InChI=1S/C33H42FN5O4/c1-4-24-25(34)10-9-22-17-23(40)18-27(28(22)24)39-19-26-29(31(39)41)30(38-13-8-15-42-16-14-38)36-32(35-26)43-21-33(20-37(2)3)11-6-5-7-12-33/h9-10,17-18,40H,4-8,11-16,19-21H2,1-3H3. The molecule has 1 amide bonds. The molecule has 3 heterocycles. The number of ether oxygens (including phenoxy) is 2. The Labute approximate surface area is 252 Å². The van der Waals surface area contributed by atoms with Crippen molar-refractivity contribution in [1.29, 1.82) is 0 Å². The lowest BCUT2D eigenvalue weighted by Crippen LogP contribution is -2.40. The van der Waals surface area contributed by atoms with E-state index in [1.807, 2.05) is 6.92 Å². The third kappa shape index (κ3) is 5.87. The van der Waals surface area contributed by atoms with E-state index < -0.39 is 0 Å². The summed E-state index contributed by atoms with van der Waals surface area (Å²) in [5, 5.41) is 11.9. The molecule has 43 heavy (non-hydrogen) atoms. The van der Waals surface area contributed by atoms with Crippen LogP contribution in [0.25, 0.3) is 10.8 Å². The molecule has 0 bridgehead atoms. The SMILES string of the molecule is CCc1c(F)ccc2cc(O)cc(N3Cc4nc(OCC5(CN(C)C)CCCCC5)nc(N5CCCOCC5)c4C3=O)c12. The Balaban J connectivity index is 1.40. The maximum absolute atomic E-state index is 15.0. The van der Waals surface area contributed by atoms with Gasteiger partial charge in [0, 0.05) is 43.1 Å². The van der Waals surface area contributed by atoms with E-state index >= 15 is 0 Å².